The summed E-state index contributed by atoms with van der Waals surface area (Å²) >= 11 is 3.34. The molecule has 0 amide bonds. The van der Waals surface area contributed by atoms with Gasteiger partial charge in [-0.05, 0) is 79.7 Å². The summed E-state index contributed by atoms with van der Waals surface area (Å²) in [6.07, 6.45) is 3.67. The number of hydrogen-bond donors (Lipinski definition) is 0. The minimum atomic E-state index is -0.654. The average molecular weight is 513 g/mol. The van der Waals surface area contributed by atoms with Crippen molar-refractivity contribution in [2.24, 2.45) is 0 Å². The van der Waals surface area contributed by atoms with Crippen LogP contribution in [0.25, 0.3) is 27.4 Å². The van der Waals surface area contributed by atoms with E-state index in [1.165, 1.54) is 46.2 Å². The molecule has 2 aromatic carbocycles. The third-order valence-electron chi connectivity index (χ3n) is 6.27. The van der Waals surface area contributed by atoms with Crippen molar-refractivity contribution in [3.8, 4) is 27.4 Å². The van der Waals surface area contributed by atoms with E-state index in [1.807, 2.05) is 11.8 Å². The molecule has 0 spiro atoms. The molecule has 1 fully saturated rings. The zero-order valence-corrected chi connectivity index (χ0v) is 20.9. The molecule has 4 aromatic rings. The molecule has 8 heteroatoms. The quantitative estimate of drug-likeness (QED) is 0.288. The van der Waals surface area contributed by atoms with E-state index in [2.05, 4.69) is 0 Å². The fourth-order valence-electron chi connectivity index (χ4n) is 4.59. The number of nitrogens with zero attached hydrogens (tertiary/aromatic N) is 2. The maximum atomic E-state index is 14.9. The zero-order valence-electron chi connectivity index (χ0n) is 19.3. The minimum Gasteiger partial charge on any atom is -0.283 e. The number of rotatable bonds is 4. The van der Waals surface area contributed by atoms with Gasteiger partial charge in [-0.2, -0.15) is 11.8 Å². The topological polar surface area (TPSA) is 34.9 Å². The monoisotopic (exact) mass is 512 g/mol. The van der Waals surface area contributed by atoms with Gasteiger partial charge in [-0.3, -0.25) is 9.36 Å². The number of aromatic nitrogens is 2. The molecule has 0 unspecified atom stereocenters. The van der Waals surface area contributed by atoms with Gasteiger partial charge in [0, 0.05) is 35.4 Å². The molecular weight excluding hydrogens is 489 g/mol. The van der Waals surface area contributed by atoms with Crippen LogP contribution in [0.2, 0.25) is 0 Å². The van der Waals surface area contributed by atoms with Crippen LogP contribution in [0, 0.1) is 31.3 Å². The van der Waals surface area contributed by atoms with Crippen molar-refractivity contribution in [2.45, 2.75) is 32.6 Å². The molecule has 0 atom stereocenters. The number of hydrogen-bond acceptors (Lipinski definition) is 4. The maximum Gasteiger partial charge on any atom is 0.255 e. The summed E-state index contributed by atoms with van der Waals surface area (Å²) in [6.45, 7) is 3.51. The second-order valence-corrected chi connectivity index (χ2v) is 11.0. The molecule has 3 nitrogen and oxygen atoms in total. The highest BCUT2D eigenvalue weighted by Crippen LogP contribution is 2.43. The molecule has 180 valence electrons. The molecule has 35 heavy (non-hydrogen) atoms. The SMILES string of the molecule is Cc1cc(F)cc(C)c1-n1cc(-c2nc(C3CCSCC3)sc2-c2ccc(F)cc2F)ccc1=O. The summed E-state index contributed by atoms with van der Waals surface area (Å²) in [5.41, 5.74) is 3.07. The van der Waals surface area contributed by atoms with Crippen LogP contribution in [-0.4, -0.2) is 21.1 Å². The number of thiazole rings is 1. The predicted molar refractivity (Wildman–Crippen MR) is 137 cm³/mol. The Bertz CT molecular complexity index is 1450. The molecule has 5 rings (SSSR count). The number of benzene rings is 2. The molecule has 0 aliphatic carbocycles. The van der Waals surface area contributed by atoms with Gasteiger partial charge in [-0.25, -0.2) is 18.2 Å². The van der Waals surface area contributed by atoms with Gasteiger partial charge in [-0.15, -0.1) is 11.3 Å². The van der Waals surface area contributed by atoms with Crippen molar-refractivity contribution in [1.29, 1.82) is 0 Å². The van der Waals surface area contributed by atoms with Gasteiger partial charge in [0.2, 0.25) is 0 Å². The maximum absolute atomic E-state index is 14.9. The fourth-order valence-corrected chi connectivity index (χ4v) is 6.98. The molecule has 0 N–H and O–H groups in total. The van der Waals surface area contributed by atoms with Crippen molar-refractivity contribution in [1.82, 2.24) is 9.55 Å². The van der Waals surface area contributed by atoms with Gasteiger partial charge in [0.25, 0.3) is 5.56 Å². The van der Waals surface area contributed by atoms with E-state index < -0.39 is 11.6 Å². The number of halogens is 3. The van der Waals surface area contributed by atoms with E-state index in [-0.39, 0.29) is 22.9 Å². The van der Waals surface area contributed by atoms with Crippen molar-refractivity contribution in [3.05, 3.63) is 92.6 Å². The molecular formula is C27H23F3N2OS2. The van der Waals surface area contributed by atoms with Crippen LogP contribution in [0.3, 0.4) is 0 Å². The second kappa shape index (κ2) is 9.66. The van der Waals surface area contributed by atoms with Gasteiger partial charge in [-0.1, -0.05) is 0 Å². The van der Waals surface area contributed by atoms with E-state index in [4.69, 9.17) is 4.98 Å². The van der Waals surface area contributed by atoms with Crippen molar-refractivity contribution in [2.75, 3.05) is 11.5 Å². The zero-order chi connectivity index (χ0) is 24.7. The lowest BCUT2D eigenvalue weighted by molar-refractivity contribution is 0.586. The van der Waals surface area contributed by atoms with E-state index >= 15 is 0 Å². The summed E-state index contributed by atoms with van der Waals surface area (Å²) in [7, 11) is 0. The minimum absolute atomic E-state index is 0.263. The first kappa shape index (κ1) is 23.9. The van der Waals surface area contributed by atoms with Gasteiger partial charge < -0.3 is 0 Å². The molecule has 0 radical (unpaired) electrons. The van der Waals surface area contributed by atoms with E-state index in [0.717, 1.165) is 35.4 Å². The fraction of sp³-hybridized carbons (Fsp3) is 0.259. The first-order valence-electron chi connectivity index (χ1n) is 11.4. The van der Waals surface area contributed by atoms with Gasteiger partial charge in [0.1, 0.15) is 17.5 Å². The lowest BCUT2D eigenvalue weighted by Crippen LogP contribution is -2.18. The number of pyridine rings is 1. The Labute approximate surface area is 209 Å². The molecule has 0 bridgehead atoms. The third-order valence-corrected chi connectivity index (χ3v) is 8.57. The molecule has 2 aromatic heterocycles. The van der Waals surface area contributed by atoms with Crippen molar-refractivity contribution >= 4 is 23.1 Å². The highest BCUT2D eigenvalue weighted by Gasteiger charge is 2.25. The van der Waals surface area contributed by atoms with E-state index in [0.29, 0.717) is 32.9 Å². The van der Waals surface area contributed by atoms with Crippen LogP contribution in [0.4, 0.5) is 13.2 Å². The Hall–Kier alpha value is -2.84. The average Bonchev–Trinajstić information content (AvgIpc) is 3.25. The predicted octanol–water partition coefficient (Wildman–Crippen LogP) is 7.27. The van der Waals surface area contributed by atoms with E-state index in [1.54, 1.807) is 26.1 Å². The van der Waals surface area contributed by atoms with Crippen LogP contribution in [0.5, 0.6) is 0 Å². The molecule has 1 aliphatic rings. The first-order valence-corrected chi connectivity index (χ1v) is 13.3. The Balaban J connectivity index is 1.70. The van der Waals surface area contributed by atoms with Crippen LogP contribution in [-0.2, 0) is 0 Å². The Morgan fingerprint density at radius 3 is 2.34 bits per heavy atom. The van der Waals surface area contributed by atoms with Gasteiger partial charge in [0.05, 0.1) is 21.3 Å². The Kier molecular flexibility index (Phi) is 6.59. The lowest BCUT2D eigenvalue weighted by atomic mass is 10.0. The van der Waals surface area contributed by atoms with Crippen LogP contribution in [0.1, 0.15) is 34.9 Å². The second-order valence-electron chi connectivity index (χ2n) is 8.75. The first-order chi connectivity index (χ1) is 16.8. The molecule has 1 saturated heterocycles. The van der Waals surface area contributed by atoms with Gasteiger partial charge in [0.15, 0.2) is 0 Å². The largest absolute Gasteiger partial charge is 0.283 e. The van der Waals surface area contributed by atoms with E-state index in [9.17, 15) is 18.0 Å². The normalized spacial score (nSPS) is 14.4. The van der Waals surface area contributed by atoms with Crippen molar-refractivity contribution < 1.29 is 13.2 Å². The number of thioether (sulfide) groups is 1. The smallest absolute Gasteiger partial charge is 0.255 e. The Morgan fingerprint density at radius 2 is 1.66 bits per heavy atom. The van der Waals surface area contributed by atoms with Gasteiger partial charge >= 0.3 is 0 Å². The highest BCUT2D eigenvalue weighted by atomic mass is 32.2. The Morgan fingerprint density at radius 1 is 0.943 bits per heavy atom. The molecule has 1 aliphatic heterocycles. The van der Waals surface area contributed by atoms with Crippen LogP contribution in [0.15, 0.2) is 53.5 Å². The van der Waals surface area contributed by atoms with Crippen LogP contribution >= 0.6 is 23.1 Å². The summed E-state index contributed by atoms with van der Waals surface area (Å²) in [6, 6.07) is 9.46. The van der Waals surface area contributed by atoms with Crippen molar-refractivity contribution in [3.63, 3.8) is 0 Å². The van der Waals surface area contributed by atoms with Crippen LogP contribution < -0.4 is 5.56 Å². The third kappa shape index (κ3) is 4.69. The number of aryl methyl sites for hydroxylation is 2. The summed E-state index contributed by atoms with van der Waals surface area (Å²) in [4.78, 5) is 18.4. The summed E-state index contributed by atoms with van der Waals surface area (Å²) < 4.78 is 43.9. The molecule has 3 heterocycles. The standard InChI is InChI=1S/C27H23F3N2OS2/c1-15-11-20(29)12-16(2)25(15)32-14-18(3-6-23(32)33)24-26(21-5-4-19(28)13-22(21)30)35-27(31-24)17-7-9-34-10-8-17/h3-6,11-14,17H,7-10H2,1-2H3. The highest BCUT2D eigenvalue weighted by molar-refractivity contribution is 7.99. The lowest BCUT2D eigenvalue weighted by Gasteiger charge is -2.18. The summed E-state index contributed by atoms with van der Waals surface area (Å²) in [5.74, 6) is 0.722. The summed E-state index contributed by atoms with van der Waals surface area (Å²) in [5, 5.41) is 0.922. The molecule has 0 saturated carbocycles.